The highest BCUT2D eigenvalue weighted by molar-refractivity contribution is 6.01. The predicted molar refractivity (Wildman–Crippen MR) is 167 cm³/mol. The highest BCUT2D eigenvalue weighted by atomic mass is 16.5. The average molecular weight is 613 g/mol. The van der Waals surface area contributed by atoms with E-state index < -0.39 is 17.9 Å². The number of hydrogen-bond acceptors (Lipinski definition) is 7. The number of aliphatic carboxylic acids is 1. The first-order chi connectivity index (χ1) is 21.8. The van der Waals surface area contributed by atoms with Crippen molar-refractivity contribution in [2.75, 3.05) is 26.3 Å². The Bertz CT molecular complexity index is 1630. The van der Waals surface area contributed by atoms with E-state index in [4.69, 9.17) is 25.3 Å². The molecule has 0 spiro atoms. The minimum atomic E-state index is -1.03. The molecule has 45 heavy (non-hydrogen) atoms. The summed E-state index contributed by atoms with van der Waals surface area (Å²) in [4.78, 5) is 45.1. The molecule has 10 heteroatoms. The van der Waals surface area contributed by atoms with Crippen molar-refractivity contribution < 1.29 is 29.0 Å². The topological polar surface area (TPSA) is 135 Å². The number of primary amides is 1. The summed E-state index contributed by atoms with van der Waals surface area (Å²) < 4.78 is 11.9. The zero-order chi connectivity index (χ0) is 31.1. The molecule has 0 bridgehead atoms. The second-order valence-corrected chi connectivity index (χ2v) is 13.0. The van der Waals surface area contributed by atoms with E-state index in [0.717, 1.165) is 57.7 Å². The van der Waals surface area contributed by atoms with Crippen LogP contribution in [0.25, 0.3) is 10.9 Å². The van der Waals surface area contributed by atoms with Gasteiger partial charge in [0.2, 0.25) is 5.91 Å². The molecule has 3 N–H and O–H groups in total. The van der Waals surface area contributed by atoms with Gasteiger partial charge in [0, 0.05) is 68.4 Å². The molecule has 4 heterocycles. The molecule has 2 saturated heterocycles. The summed E-state index contributed by atoms with van der Waals surface area (Å²) in [6.45, 7) is 4.43. The molecule has 4 aliphatic rings. The van der Waals surface area contributed by atoms with Crippen molar-refractivity contribution >= 4 is 28.7 Å². The maximum Gasteiger partial charge on any atom is 0.303 e. The number of pyridine rings is 1. The Morgan fingerprint density at radius 1 is 1.04 bits per heavy atom. The number of fused-ring (bicyclic) bond motifs is 2. The number of carboxylic acid groups (broad SMARTS) is 1. The van der Waals surface area contributed by atoms with E-state index >= 15 is 0 Å². The molecule has 3 aromatic rings. The Morgan fingerprint density at radius 2 is 1.87 bits per heavy atom. The fourth-order valence-corrected chi connectivity index (χ4v) is 7.20. The number of ether oxygens (including phenoxy) is 2. The molecule has 1 saturated carbocycles. The van der Waals surface area contributed by atoms with Crippen molar-refractivity contribution in [3.8, 4) is 5.75 Å². The van der Waals surface area contributed by atoms with Gasteiger partial charge >= 0.3 is 5.97 Å². The predicted octanol–water partition coefficient (Wildman–Crippen LogP) is 4.33. The van der Waals surface area contributed by atoms with Crippen LogP contribution in [-0.2, 0) is 27.4 Å². The van der Waals surface area contributed by atoms with E-state index in [2.05, 4.69) is 29.2 Å². The fourth-order valence-electron chi connectivity index (χ4n) is 7.20. The highest BCUT2D eigenvalue weighted by Crippen LogP contribution is 2.44. The Hall–Kier alpha value is -4.02. The lowest BCUT2D eigenvalue weighted by molar-refractivity contribution is -0.137. The highest BCUT2D eigenvalue weighted by Gasteiger charge is 2.36. The quantitative estimate of drug-likeness (QED) is 0.327. The lowest BCUT2D eigenvalue weighted by atomic mass is 9.94. The van der Waals surface area contributed by atoms with Gasteiger partial charge in [-0.05, 0) is 91.5 Å². The standard InChI is InChI=1S/C35H40N4O6/c36-34(42)31(7-8-32(40)41)39-19-25-17-26(4-5-28(25)35(39)43)45-27-9-12-38(20-27)18-21-15-24-3-6-30(23-10-13-44-14-11-23)37-33(24)29(16-21)22-1-2-22/h3-6,15-17,22-23,27,31H,1-2,7-14,18-20H2,(H2,36,42)(H,40,41)/t27-,31?/m0/s1. The van der Waals surface area contributed by atoms with Crippen LogP contribution in [0, 0.1) is 0 Å². The fraction of sp³-hybridized carbons (Fsp3) is 0.486. The van der Waals surface area contributed by atoms with Crippen molar-refractivity contribution in [3.63, 3.8) is 0 Å². The van der Waals surface area contributed by atoms with Crippen molar-refractivity contribution in [1.29, 1.82) is 0 Å². The molecular formula is C35H40N4O6. The molecule has 7 rings (SSSR count). The second-order valence-electron chi connectivity index (χ2n) is 13.0. The molecule has 3 fully saturated rings. The number of benzene rings is 2. The number of hydrogen-bond donors (Lipinski definition) is 2. The molecular weight excluding hydrogens is 572 g/mol. The van der Waals surface area contributed by atoms with Crippen LogP contribution < -0.4 is 10.5 Å². The first-order valence-corrected chi connectivity index (χ1v) is 16.2. The van der Waals surface area contributed by atoms with E-state index in [1.165, 1.54) is 45.5 Å². The summed E-state index contributed by atoms with van der Waals surface area (Å²) in [5.41, 5.74) is 11.9. The van der Waals surface area contributed by atoms with Crippen LogP contribution in [0.2, 0.25) is 0 Å². The number of carbonyl (C=O) groups is 3. The van der Waals surface area contributed by atoms with Crippen LogP contribution in [0.5, 0.6) is 5.75 Å². The van der Waals surface area contributed by atoms with Gasteiger partial charge in [-0.25, -0.2) is 0 Å². The van der Waals surface area contributed by atoms with Gasteiger partial charge in [0.25, 0.3) is 5.91 Å². The number of nitrogens with two attached hydrogens (primary N) is 1. The lowest BCUT2D eigenvalue weighted by Crippen LogP contribution is -2.45. The minimum Gasteiger partial charge on any atom is -0.489 e. The van der Waals surface area contributed by atoms with Gasteiger partial charge in [0.15, 0.2) is 0 Å². The number of rotatable bonds is 11. The van der Waals surface area contributed by atoms with E-state index in [1.807, 2.05) is 6.07 Å². The Kier molecular flexibility index (Phi) is 8.18. The molecule has 10 nitrogen and oxygen atoms in total. The Balaban J connectivity index is 1.00. The number of likely N-dealkylation sites (tertiary alicyclic amines) is 1. The van der Waals surface area contributed by atoms with E-state index in [1.54, 1.807) is 12.1 Å². The zero-order valence-corrected chi connectivity index (χ0v) is 25.5. The summed E-state index contributed by atoms with van der Waals surface area (Å²) in [6.07, 6.45) is 5.22. The SMILES string of the molecule is NC(=O)C(CCC(=O)O)N1Cc2cc(O[C@H]3CCN(Cc4cc(C5CC5)c5nc(C6CCOCC6)ccc5c4)C3)ccc2C1=O. The Morgan fingerprint density at radius 3 is 2.62 bits per heavy atom. The number of aromatic nitrogens is 1. The zero-order valence-electron chi connectivity index (χ0n) is 25.5. The Labute approximate surface area is 262 Å². The molecule has 2 amide bonds. The summed E-state index contributed by atoms with van der Waals surface area (Å²) in [7, 11) is 0. The third kappa shape index (κ3) is 6.39. The minimum absolute atomic E-state index is 0.0150. The van der Waals surface area contributed by atoms with Crippen molar-refractivity contribution in [2.24, 2.45) is 5.73 Å². The summed E-state index contributed by atoms with van der Waals surface area (Å²) in [6, 6.07) is 13.6. The van der Waals surface area contributed by atoms with Gasteiger partial charge in [-0.1, -0.05) is 12.1 Å². The van der Waals surface area contributed by atoms with E-state index in [9.17, 15) is 14.4 Å². The molecule has 0 radical (unpaired) electrons. The molecule has 2 atom stereocenters. The van der Waals surface area contributed by atoms with Gasteiger partial charge in [-0.3, -0.25) is 24.3 Å². The van der Waals surface area contributed by atoms with E-state index in [-0.39, 0.29) is 31.4 Å². The van der Waals surface area contributed by atoms with Crippen LogP contribution in [0.4, 0.5) is 0 Å². The van der Waals surface area contributed by atoms with Crippen LogP contribution in [0.15, 0.2) is 42.5 Å². The largest absolute Gasteiger partial charge is 0.489 e. The van der Waals surface area contributed by atoms with Gasteiger partial charge in [-0.2, -0.15) is 0 Å². The van der Waals surface area contributed by atoms with Crippen LogP contribution in [0.3, 0.4) is 0 Å². The summed E-state index contributed by atoms with van der Waals surface area (Å²) in [5.74, 6) is -0.271. The molecule has 1 aromatic heterocycles. The summed E-state index contributed by atoms with van der Waals surface area (Å²) >= 11 is 0. The van der Waals surface area contributed by atoms with Crippen LogP contribution in [-0.4, -0.2) is 76.1 Å². The third-order valence-corrected chi connectivity index (χ3v) is 9.74. The molecule has 2 aromatic carbocycles. The van der Waals surface area contributed by atoms with E-state index in [0.29, 0.717) is 23.1 Å². The molecule has 236 valence electrons. The lowest BCUT2D eigenvalue weighted by Gasteiger charge is -2.24. The summed E-state index contributed by atoms with van der Waals surface area (Å²) in [5, 5.41) is 10.3. The van der Waals surface area contributed by atoms with Crippen LogP contribution in [0.1, 0.15) is 89.5 Å². The maximum absolute atomic E-state index is 13.0. The smallest absolute Gasteiger partial charge is 0.303 e. The monoisotopic (exact) mass is 612 g/mol. The molecule has 1 unspecified atom stereocenters. The first-order valence-electron chi connectivity index (χ1n) is 16.2. The molecule has 3 aliphatic heterocycles. The van der Waals surface area contributed by atoms with Crippen molar-refractivity contribution in [1.82, 2.24) is 14.8 Å². The number of carboxylic acids is 1. The van der Waals surface area contributed by atoms with Gasteiger partial charge in [-0.15, -0.1) is 0 Å². The second kappa shape index (κ2) is 12.4. The third-order valence-electron chi connectivity index (χ3n) is 9.74. The average Bonchev–Trinajstić information content (AvgIpc) is 3.71. The van der Waals surface area contributed by atoms with Gasteiger partial charge in [0.05, 0.1) is 5.52 Å². The first kappa shape index (κ1) is 29.7. The van der Waals surface area contributed by atoms with Gasteiger partial charge < -0.3 is 25.2 Å². The number of nitrogens with zero attached hydrogens (tertiary/aromatic N) is 3. The number of amides is 2. The normalized spacial score (nSPS) is 21.3. The van der Waals surface area contributed by atoms with Gasteiger partial charge in [0.1, 0.15) is 17.9 Å². The van der Waals surface area contributed by atoms with Crippen LogP contribution >= 0.6 is 0 Å². The van der Waals surface area contributed by atoms with Crippen molar-refractivity contribution in [2.45, 2.75) is 82.0 Å². The maximum atomic E-state index is 13.0. The molecule has 1 aliphatic carbocycles. The van der Waals surface area contributed by atoms with Crippen molar-refractivity contribution in [3.05, 3.63) is 70.4 Å². The number of carbonyl (C=O) groups excluding carboxylic acids is 2.